The standard InChI is InChI=1S/C14H18N2O3/c1-16(10-6-8-15-9-7-10)13(17)11-4-2-3-5-12(11)14(18)19/h2-5,10,15H,6-9H2,1H3,(H,18,19). The van der Waals surface area contributed by atoms with Crippen molar-refractivity contribution in [3.63, 3.8) is 0 Å². The van der Waals surface area contributed by atoms with Crippen molar-refractivity contribution in [1.29, 1.82) is 0 Å². The topological polar surface area (TPSA) is 69.6 Å². The maximum Gasteiger partial charge on any atom is 0.336 e. The highest BCUT2D eigenvalue weighted by Crippen LogP contribution is 2.16. The Morgan fingerprint density at radius 1 is 1.21 bits per heavy atom. The normalized spacial score (nSPS) is 16.1. The molecule has 5 nitrogen and oxygen atoms in total. The van der Waals surface area contributed by atoms with Gasteiger partial charge in [-0.2, -0.15) is 0 Å². The van der Waals surface area contributed by atoms with Crippen molar-refractivity contribution in [1.82, 2.24) is 10.2 Å². The number of piperidine rings is 1. The second-order valence-electron chi connectivity index (χ2n) is 4.75. The molecule has 0 atom stereocenters. The number of nitrogens with zero attached hydrogens (tertiary/aromatic N) is 1. The molecule has 0 radical (unpaired) electrons. The van der Waals surface area contributed by atoms with E-state index in [9.17, 15) is 9.59 Å². The summed E-state index contributed by atoms with van der Waals surface area (Å²) in [5.41, 5.74) is 0.323. The van der Waals surface area contributed by atoms with Crippen molar-refractivity contribution < 1.29 is 14.7 Å². The van der Waals surface area contributed by atoms with Crippen molar-refractivity contribution in [2.24, 2.45) is 0 Å². The fourth-order valence-corrected chi connectivity index (χ4v) is 2.41. The molecule has 1 amide bonds. The van der Waals surface area contributed by atoms with E-state index in [1.807, 2.05) is 0 Å². The highest BCUT2D eigenvalue weighted by molar-refractivity contribution is 6.04. The maximum atomic E-state index is 12.4. The van der Waals surface area contributed by atoms with Crippen LogP contribution in [0.15, 0.2) is 24.3 Å². The van der Waals surface area contributed by atoms with Gasteiger partial charge in [-0.25, -0.2) is 4.79 Å². The number of carboxylic acid groups (broad SMARTS) is 1. The van der Waals surface area contributed by atoms with Crippen molar-refractivity contribution in [2.45, 2.75) is 18.9 Å². The first kappa shape index (κ1) is 13.5. The zero-order valence-electron chi connectivity index (χ0n) is 10.9. The molecule has 1 aromatic rings. The fourth-order valence-electron chi connectivity index (χ4n) is 2.41. The van der Waals surface area contributed by atoms with Crippen LogP contribution < -0.4 is 5.32 Å². The summed E-state index contributed by atoms with van der Waals surface area (Å²) in [7, 11) is 1.75. The molecule has 1 fully saturated rings. The molecule has 1 aliphatic rings. The van der Waals surface area contributed by atoms with E-state index in [0.717, 1.165) is 25.9 Å². The molecule has 0 aliphatic carbocycles. The van der Waals surface area contributed by atoms with Gasteiger partial charge in [-0.15, -0.1) is 0 Å². The number of rotatable bonds is 3. The van der Waals surface area contributed by atoms with Crippen LogP contribution in [-0.4, -0.2) is 48.1 Å². The number of hydrogen-bond donors (Lipinski definition) is 2. The van der Waals surface area contributed by atoms with Gasteiger partial charge in [0.1, 0.15) is 0 Å². The van der Waals surface area contributed by atoms with E-state index in [1.54, 1.807) is 30.1 Å². The molecule has 0 aromatic heterocycles. The van der Waals surface area contributed by atoms with Gasteiger partial charge >= 0.3 is 5.97 Å². The van der Waals surface area contributed by atoms with Gasteiger partial charge in [-0.05, 0) is 38.1 Å². The molecule has 1 aromatic carbocycles. The van der Waals surface area contributed by atoms with Gasteiger partial charge in [-0.1, -0.05) is 12.1 Å². The first-order chi connectivity index (χ1) is 9.11. The Labute approximate surface area is 112 Å². The minimum atomic E-state index is -1.07. The number of benzene rings is 1. The van der Waals surface area contributed by atoms with Crippen molar-refractivity contribution in [3.8, 4) is 0 Å². The zero-order chi connectivity index (χ0) is 13.8. The first-order valence-electron chi connectivity index (χ1n) is 6.41. The zero-order valence-corrected chi connectivity index (χ0v) is 10.9. The number of carboxylic acids is 1. The molecule has 0 saturated carbocycles. The van der Waals surface area contributed by atoms with Crippen LogP contribution in [-0.2, 0) is 0 Å². The average molecular weight is 262 g/mol. The summed E-state index contributed by atoms with van der Waals surface area (Å²) < 4.78 is 0. The molecule has 102 valence electrons. The number of carbonyl (C=O) groups excluding carboxylic acids is 1. The number of nitrogens with one attached hydrogen (secondary N) is 1. The van der Waals surface area contributed by atoms with Crippen LogP contribution in [0.2, 0.25) is 0 Å². The smallest absolute Gasteiger partial charge is 0.336 e. The summed E-state index contributed by atoms with van der Waals surface area (Å²) in [5.74, 6) is -1.28. The molecule has 0 bridgehead atoms. The number of carbonyl (C=O) groups is 2. The lowest BCUT2D eigenvalue weighted by molar-refractivity contribution is 0.0657. The Balaban J connectivity index is 2.21. The number of hydrogen-bond acceptors (Lipinski definition) is 3. The molecule has 0 spiro atoms. The molecule has 1 saturated heterocycles. The lowest BCUT2D eigenvalue weighted by Crippen LogP contribution is -2.44. The van der Waals surface area contributed by atoms with E-state index in [2.05, 4.69) is 5.32 Å². The highest BCUT2D eigenvalue weighted by atomic mass is 16.4. The molecule has 1 heterocycles. The third-order valence-electron chi connectivity index (χ3n) is 3.56. The van der Waals surface area contributed by atoms with Crippen LogP contribution in [0.5, 0.6) is 0 Å². The molecule has 0 unspecified atom stereocenters. The van der Waals surface area contributed by atoms with Crippen LogP contribution in [0.1, 0.15) is 33.6 Å². The van der Waals surface area contributed by atoms with E-state index in [-0.39, 0.29) is 23.1 Å². The van der Waals surface area contributed by atoms with Gasteiger partial charge < -0.3 is 15.3 Å². The first-order valence-corrected chi connectivity index (χ1v) is 6.41. The highest BCUT2D eigenvalue weighted by Gasteiger charge is 2.25. The van der Waals surface area contributed by atoms with E-state index in [0.29, 0.717) is 0 Å². The Bertz CT molecular complexity index is 481. The van der Waals surface area contributed by atoms with Gasteiger partial charge in [0.15, 0.2) is 0 Å². The molecule has 19 heavy (non-hydrogen) atoms. The average Bonchev–Trinajstić information content (AvgIpc) is 2.46. The minimum absolute atomic E-state index is 0.0632. The van der Waals surface area contributed by atoms with Gasteiger partial charge in [0.2, 0.25) is 0 Å². The number of amides is 1. The quantitative estimate of drug-likeness (QED) is 0.859. The summed E-state index contributed by atoms with van der Waals surface area (Å²) in [6.45, 7) is 1.78. The Hall–Kier alpha value is -1.88. The van der Waals surface area contributed by atoms with E-state index >= 15 is 0 Å². The summed E-state index contributed by atoms with van der Waals surface area (Å²) in [4.78, 5) is 25.2. The third-order valence-corrected chi connectivity index (χ3v) is 3.56. The lowest BCUT2D eigenvalue weighted by Gasteiger charge is -2.32. The van der Waals surface area contributed by atoms with E-state index in [1.165, 1.54) is 6.07 Å². The Kier molecular flexibility index (Phi) is 4.16. The predicted octanol–water partition coefficient (Wildman–Crippen LogP) is 1.21. The van der Waals surface area contributed by atoms with Crippen LogP contribution in [0.4, 0.5) is 0 Å². The van der Waals surface area contributed by atoms with E-state index < -0.39 is 5.97 Å². The van der Waals surface area contributed by atoms with Gasteiger partial charge in [0.05, 0.1) is 11.1 Å². The number of aromatic carboxylic acids is 1. The lowest BCUT2D eigenvalue weighted by atomic mass is 10.0. The minimum Gasteiger partial charge on any atom is -0.478 e. The molecule has 5 heteroatoms. The van der Waals surface area contributed by atoms with Gasteiger partial charge in [0, 0.05) is 13.1 Å². The maximum absolute atomic E-state index is 12.4. The van der Waals surface area contributed by atoms with Gasteiger partial charge in [-0.3, -0.25) is 4.79 Å². The summed E-state index contributed by atoms with van der Waals surface area (Å²) in [6, 6.07) is 6.53. The fraction of sp³-hybridized carbons (Fsp3) is 0.429. The van der Waals surface area contributed by atoms with Crippen molar-refractivity contribution >= 4 is 11.9 Å². The second kappa shape index (κ2) is 5.84. The second-order valence-corrected chi connectivity index (χ2v) is 4.75. The molecule has 2 rings (SSSR count). The summed E-state index contributed by atoms with van der Waals surface area (Å²) in [6.07, 6.45) is 1.80. The van der Waals surface area contributed by atoms with Crippen LogP contribution in [0.25, 0.3) is 0 Å². The van der Waals surface area contributed by atoms with E-state index in [4.69, 9.17) is 5.11 Å². The molecular weight excluding hydrogens is 244 g/mol. The largest absolute Gasteiger partial charge is 0.478 e. The third kappa shape index (κ3) is 2.93. The molecular formula is C14H18N2O3. The molecule has 2 N–H and O–H groups in total. The van der Waals surface area contributed by atoms with Crippen LogP contribution in [0, 0.1) is 0 Å². The SMILES string of the molecule is CN(C(=O)c1ccccc1C(=O)O)C1CCNCC1. The Morgan fingerprint density at radius 3 is 2.37 bits per heavy atom. The summed E-state index contributed by atoms with van der Waals surface area (Å²) >= 11 is 0. The summed E-state index contributed by atoms with van der Waals surface area (Å²) in [5, 5.41) is 12.4. The predicted molar refractivity (Wildman–Crippen MR) is 71.4 cm³/mol. The Morgan fingerprint density at radius 2 is 1.79 bits per heavy atom. The van der Waals surface area contributed by atoms with Crippen LogP contribution >= 0.6 is 0 Å². The van der Waals surface area contributed by atoms with Crippen molar-refractivity contribution in [3.05, 3.63) is 35.4 Å². The monoisotopic (exact) mass is 262 g/mol. The van der Waals surface area contributed by atoms with Gasteiger partial charge in [0.25, 0.3) is 5.91 Å². The van der Waals surface area contributed by atoms with Crippen LogP contribution in [0.3, 0.4) is 0 Å². The van der Waals surface area contributed by atoms with Crippen molar-refractivity contribution in [2.75, 3.05) is 20.1 Å². The molecule has 1 aliphatic heterocycles.